The predicted molar refractivity (Wildman–Crippen MR) is 35.5 cm³/mol. The van der Waals surface area contributed by atoms with Gasteiger partial charge in [-0.25, -0.2) is 0 Å². The lowest BCUT2D eigenvalue weighted by Crippen LogP contribution is -2.37. The molecule has 1 aliphatic heterocycles. The highest BCUT2D eigenvalue weighted by molar-refractivity contribution is 5.80. The second-order valence-electron chi connectivity index (χ2n) is 2.94. The topological polar surface area (TPSA) is 38.3 Å². The molecule has 1 heterocycles. The van der Waals surface area contributed by atoms with E-state index in [9.17, 15) is 4.79 Å². The average Bonchev–Trinajstić information content (AvgIpc) is 2.33. The van der Waals surface area contributed by atoms with Gasteiger partial charge in [-0.2, -0.15) is 0 Å². The molecule has 0 amide bonds. The van der Waals surface area contributed by atoms with Crippen LogP contribution in [0.1, 0.15) is 19.3 Å². The molecule has 0 spiro atoms. The van der Waals surface area contributed by atoms with Crippen LogP contribution in [0.5, 0.6) is 0 Å². The lowest BCUT2D eigenvalue weighted by Gasteiger charge is -2.21. The number of nitrogens with one attached hydrogen (secondary N) is 1. The lowest BCUT2D eigenvalue weighted by atomic mass is 9.92. The van der Waals surface area contributed by atoms with Crippen molar-refractivity contribution >= 4 is 5.78 Å². The highest BCUT2D eigenvalue weighted by Crippen LogP contribution is 2.21. The van der Waals surface area contributed by atoms with Crippen LogP contribution in [-0.4, -0.2) is 24.7 Å². The van der Waals surface area contributed by atoms with E-state index in [-0.39, 0.29) is 0 Å². The number of fused-ring (bicyclic) bond motifs is 1. The molecule has 1 saturated carbocycles. The van der Waals surface area contributed by atoms with E-state index in [1.54, 1.807) is 0 Å². The first-order valence-electron chi connectivity index (χ1n) is 3.73. The SMILES string of the molecule is O=C1CCC2OCNC2C1. The minimum atomic E-state index is 0.317. The molecule has 56 valence electrons. The average molecular weight is 141 g/mol. The van der Waals surface area contributed by atoms with Gasteiger partial charge in [0.05, 0.1) is 12.8 Å². The summed E-state index contributed by atoms with van der Waals surface area (Å²) >= 11 is 0. The van der Waals surface area contributed by atoms with E-state index in [0.717, 1.165) is 6.42 Å². The summed E-state index contributed by atoms with van der Waals surface area (Å²) in [6, 6.07) is 0.321. The molecule has 0 aromatic heterocycles. The first-order chi connectivity index (χ1) is 4.86. The maximum absolute atomic E-state index is 10.9. The maximum atomic E-state index is 10.9. The van der Waals surface area contributed by atoms with Crippen molar-refractivity contribution in [3.05, 3.63) is 0 Å². The standard InChI is InChI=1S/C7H11NO2/c9-5-1-2-7-6(3-5)8-4-10-7/h6-8H,1-4H2. The Morgan fingerprint density at radius 1 is 1.60 bits per heavy atom. The molecule has 1 saturated heterocycles. The number of hydrogen-bond acceptors (Lipinski definition) is 3. The molecule has 0 bridgehead atoms. The van der Waals surface area contributed by atoms with Crippen LogP contribution in [0.15, 0.2) is 0 Å². The normalized spacial score (nSPS) is 39.8. The first-order valence-corrected chi connectivity index (χ1v) is 3.73. The van der Waals surface area contributed by atoms with Crippen LogP contribution >= 0.6 is 0 Å². The smallest absolute Gasteiger partial charge is 0.134 e. The van der Waals surface area contributed by atoms with E-state index in [1.165, 1.54) is 0 Å². The van der Waals surface area contributed by atoms with Gasteiger partial charge in [-0.1, -0.05) is 0 Å². The molecule has 2 aliphatic rings. The van der Waals surface area contributed by atoms with Crippen molar-refractivity contribution in [1.29, 1.82) is 0 Å². The van der Waals surface area contributed by atoms with Gasteiger partial charge in [0.2, 0.25) is 0 Å². The number of hydrogen-bond donors (Lipinski definition) is 1. The summed E-state index contributed by atoms with van der Waals surface area (Å²) in [6.07, 6.45) is 2.61. The summed E-state index contributed by atoms with van der Waals surface area (Å²) in [5, 5.41) is 3.15. The van der Waals surface area contributed by atoms with Gasteiger partial charge in [0, 0.05) is 18.9 Å². The number of carbonyl (C=O) groups is 1. The van der Waals surface area contributed by atoms with E-state index in [0.29, 0.717) is 37.5 Å². The second-order valence-corrected chi connectivity index (χ2v) is 2.94. The Balaban J connectivity index is 2.03. The zero-order chi connectivity index (χ0) is 6.97. The Morgan fingerprint density at radius 3 is 3.40 bits per heavy atom. The van der Waals surface area contributed by atoms with Gasteiger partial charge in [-0.15, -0.1) is 0 Å². The van der Waals surface area contributed by atoms with Gasteiger partial charge in [0.1, 0.15) is 5.78 Å². The number of rotatable bonds is 0. The van der Waals surface area contributed by atoms with E-state index in [1.807, 2.05) is 0 Å². The van der Waals surface area contributed by atoms with Gasteiger partial charge in [0.25, 0.3) is 0 Å². The number of ether oxygens (including phenoxy) is 1. The molecule has 3 nitrogen and oxygen atoms in total. The Morgan fingerprint density at radius 2 is 2.50 bits per heavy atom. The van der Waals surface area contributed by atoms with Crippen LogP contribution in [0.25, 0.3) is 0 Å². The summed E-state index contributed by atoms with van der Waals surface area (Å²) in [4.78, 5) is 10.9. The van der Waals surface area contributed by atoms with E-state index in [4.69, 9.17) is 4.74 Å². The number of carbonyl (C=O) groups excluding carboxylic acids is 1. The van der Waals surface area contributed by atoms with Gasteiger partial charge >= 0.3 is 0 Å². The molecule has 2 unspecified atom stereocenters. The number of Topliss-reactive ketones (excluding diaryl/α,β-unsaturated/α-hetero) is 1. The largest absolute Gasteiger partial charge is 0.361 e. The van der Waals surface area contributed by atoms with Crippen LogP contribution in [0.3, 0.4) is 0 Å². The third-order valence-corrected chi connectivity index (χ3v) is 2.25. The van der Waals surface area contributed by atoms with Crippen LogP contribution < -0.4 is 5.32 Å². The quantitative estimate of drug-likeness (QED) is 0.518. The van der Waals surface area contributed by atoms with Crippen molar-refractivity contribution in [2.75, 3.05) is 6.73 Å². The summed E-state index contributed by atoms with van der Waals surface area (Å²) in [5.74, 6) is 0.374. The number of ketones is 1. The first kappa shape index (κ1) is 6.31. The minimum Gasteiger partial charge on any atom is -0.361 e. The van der Waals surface area contributed by atoms with Crippen LogP contribution in [0.2, 0.25) is 0 Å². The summed E-state index contributed by atoms with van der Waals surface area (Å²) in [5.41, 5.74) is 0. The zero-order valence-electron chi connectivity index (χ0n) is 5.80. The third kappa shape index (κ3) is 0.954. The zero-order valence-corrected chi connectivity index (χ0v) is 5.80. The lowest BCUT2D eigenvalue weighted by molar-refractivity contribution is -0.122. The second kappa shape index (κ2) is 2.32. The summed E-state index contributed by atoms with van der Waals surface area (Å²) in [7, 11) is 0. The highest BCUT2D eigenvalue weighted by Gasteiger charge is 2.33. The van der Waals surface area contributed by atoms with Crippen LogP contribution in [0, 0.1) is 0 Å². The summed E-state index contributed by atoms with van der Waals surface area (Å²) < 4.78 is 5.34. The Kier molecular flexibility index (Phi) is 1.47. The van der Waals surface area contributed by atoms with E-state index >= 15 is 0 Å². The molecule has 1 aliphatic carbocycles. The third-order valence-electron chi connectivity index (χ3n) is 2.25. The van der Waals surface area contributed by atoms with Crippen molar-refractivity contribution in [2.45, 2.75) is 31.4 Å². The molecule has 10 heavy (non-hydrogen) atoms. The monoisotopic (exact) mass is 141 g/mol. The van der Waals surface area contributed by atoms with E-state index in [2.05, 4.69) is 5.32 Å². The Bertz CT molecular complexity index is 158. The molecule has 2 rings (SSSR count). The molecule has 2 atom stereocenters. The Hall–Kier alpha value is -0.410. The minimum absolute atomic E-state index is 0.317. The molecular weight excluding hydrogens is 130 g/mol. The van der Waals surface area contributed by atoms with Gasteiger partial charge < -0.3 is 4.74 Å². The molecule has 0 aromatic rings. The van der Waals surface area contributed by atoms with Crippen molar-refractivity contribution in [3.63, 3.8) is 0 Å². The van der Waals surface area contributed by atoms with Crippen molar-refractivity contribution in [1.82, 2.24) is 5.32 Å². The predicted octanol–water partition coefficient (Wildman–Crippen LogP) is 0.0539. The van der Waals surface area contributed by atoms with Crippen LogP contribution in [0.4, 0.5) is 0 Å². The molecule has 0 aromatic carbocycles. The van der Waals surface area contributed by atoms with Gasteiger partial charge in [0.15, 0.2) is 0 Å². The highest BCUT2D eigenvalue weighted by atomic mass is 16.5. The van der Waals surface area contributed by atoms with Gasteiger partial charge in [-0.05, 0) is 6.42 Å². The molecule has 1 N–H and O–H groups in total. The summed E-state index contributed by atoms with van der Waals surface area (Å²) in [6.45, 7) is 0.628. The molecule has 2 fully saturated rings. The van der Waals surface area contributed by atoms with Crippen LogP contribution in [-0.2, 0) is 9.53 Å². The van der Waals surface area contributed by atoms with E-state index < -0.39 is 0 Å². The molecule has 3 heteroatoms. The fraction of sp³-hybridized carbons (Fsp3) is 0.857. The Labute approximate surface area is 59.7 Å². The fourth-order valence-electron chi connectivity index (χ4n) is 1.65. The fourth-order valence-corrected chi connectivity index (χ4v) is 1.65. The molecular formula is C7H11NO2. The van der Waals surface area contributed by atoms with Crippen molar-refractivity contribution < 1.29 is 9.53 Å². The maximum Gasteiger partial charge on any atom is 0.134 e. The van der Waals surface area contributed by atoms with Crippen molar-refractivity contribution in [3.8, 4) is 0 Å². The van der Waals surface area contributed by atoms with Gasteiger partial charge in [-0.3, -0.25) is 10.1 Å². The molecule has 0 radical (unpaired) electrons. The van der Waals surface area contributed by atoms with Crippen molar-refractivity contribution in [2.24, 2.45) is 0 Å².